The van der Waals surface area contributed by atoms with E-state index in [0.717, 1.165) is 32.4 Å². The minimum atomic E-state index is 0.128. The molecule has 1 aliphatic carbocycles. The average Bonchev–Trinajstić information content (AvgIpc) is 2.53. The van der Waals surface area contributed by atoms with E-state index < -0.39 is 0 Å². The summed E-state index contributed by atoms with van der Waals surface area (Å²) < 4.78 is 0. The molecule has 1 saturated carbocycles. The standard InChI is InChI=1S/C11H20N2O/c1-11(4-2-5-11)13-10(14)7-9-3-6-12-8-9/h9,12H,2-8H2,1H3,(H,13,14). The quantitative estimate of drug-likeness (QED) is 0.708. The molecule has 80 valence electrons. The Morgan fingerprint density at radius 2 is 2.36 bits per heavy atom. The van der Waals surface area contributed by atoms with E-state index in [0.29, 0.717) is 12.3 Å². The fraction of sp³-hybridized carbons (Fsp3) is 0.909. The predicted octanol–water partition coefficient (Wildman–Crippen LogP) is 1.04. The highest BCUT2D eigenvalue weighted by molar-refractivity contribution is 5.77. The van der Waals surface area contributed by atoms with E-state index in [1.54, 1.807) is 0 Å². The Labute approximate surface area is 85.6 Å². The molecule has 0 aromatic heterocycles. The van der Waals surface area contributed by atoms with Gasteiger partial charge in [-0.15, -0.1) is 0 Å². The number of carbonyl (C=O) groups excluding carboxylic acids is 1. The monoisotopic (exact) mass is 196 g/mol. The Morgan fingerprint density at radius 3 is 2.86 bits per heavy atom. The maximum absolute atomic E-state index is 11.7. The minimum absolute atomic E-state index is 0.128. The second-order valence-corrected chi connectivity index (χ2v) is 5.03. The van der Waals surface area contributed by atoms with Gasteiger partial charge in [-0.1, -0.05) is 0 Å². The Balaban J connectivity index is 1.72. The molecular weight excluding hydrogens is 176 g/mol. The first kappa shape index (κ1) is 9.97. The lowest BCUT2D eigenvalue weighted by atomic mass is 9.78. The maximum Gasteiger partial charge on any atom is 0.220 e. The molecule has 0 bridgehead atoms. The van der Waals surface area contributed by atoms with Crippen molar-refractivity contribution in [1.29, 1.82) is 0 Å². The van der Waals surface area contributed by atoms with Crippen LogP contribution in [0.1, 0.15) is 39.0 Å². The van der Waals surface area contributed by atoms with Gasteiger partial charge in [0.1, 0.15) is 0 Å². The van der Waals surface area contributed by atoms with Gasteiger partial charge in [0.25, 0.3) is 0 Å². The third-order valence-corrected chi connectivity index (χ3v) is 3.53. The molecule has 3 heteroatoms. The summed E-state index contributed by atoms with van der Waals surface area (Å²) in [5.41, 5.74) is 0.128. The smallest absolute Gasteiger partial charge is 0.220 e. The first-order valence-corrected chi connectivity index (χ1v) is 5.70. The van der Waals surface area contributed by atoms with Gasteiger partial charge < -0.3 is 10.6 Å². The third kappa shape index (κ3) is 2.27. The Morgan fingerprint density at radius 1 is 1.57 bits per heavy atom. The fourth-order valence-corrected chi connectivity index (χ4v) is 2.37. The Kier molecular flexibility index (Phi) is 2.77. The molecule has 2 N–H and O–H groups in total. The molecule has 0 radical (unpaired) electrons. The molecule has 14 heavy (non-hydrogen) atoms. The highest BCUT2D eigenvalue weighted by Gasteiger charge is 2.33. The van der Waals surface area contributed by atoms with E-state index in [1.807, 2.05) is 0 Å². The van der Waals surface area contributed by atoms with E-state index in [4.69, 9.17) is 0 Å². The summed E-state index contributed by atoms with van der Waals surface area (Å²) in [6.45, 7) is 4.25. The summed E-state index contributed by atoms with van der Waals surface area (Å²) >= 11 is 0. The van der Waals surface area contributed by atoms with E-state index in [-0.39, 0.29) is 11.4 Å². The zero-order chi connectivity index (χ0) is 10.0. The molecule has 1 atom stereocenters. The van der Waals surface area contributed by atoms with Crippen LogP contribution in [0.2, 0.25) is 0 Å². The number of rotatable bonds is 3. The van der Waals surface area contributed by atoms with E-state index >= 15 is 0 Å². The highest BCUT2D eigenvalue weighted by atomic mass is 16.1. The molecule has 0 aromatic carbocycles. The van der Waals surface area contributed by atoms with Crippen molar-refractivity contribution in [2.75, 3.05) is 13.1 Å². The fourth-order valence-electron chi connectivity index (χ4n) is 2.37. The lowest BCUT2D eigenvalue weighted by Crippen LogP contribution is -2.51. The Bertz CT molecular complexity index is 217. The topological polar surface area (TPSA) is 41.1 Å². The summed E-state index contributed by atoms with van der Waals surface area (Å²) in [5.74, 6) is 0.819. The van der Waals surface area contributed by atoms with Crippen molar-refractivity contribution >= 4 is 5.91 Å². The summed E-state index contributed by atoms with van der Waals surface area (Å²) in [5, 5.41) is 6.44. The van der Waals surface area contributed by atoms with Crippen molar-refractivity contribution in [2.24, 2.45) is 5.92 Å². The molecule has 3 nitrogen and oxygen atoms in total. The van der Waals surface area contributed by atoms with Gasteiger partial charge in [0.2, 0.25) is 5.91 Å². The van der Waals surface area contributed by atoms with Crippen LogP contribution in [-0.2, 0) is 4.79 Å². The average molecular weight is 196 g/mol. The van der Waals surface area contributed by atoms with Crippen LogP contribution >= 0.6 is 0 Å². The van der Waals surface area contributed by atoms with Crippen LogP contribution in [0.5, 0.6) is 0 Å². The lowest BCUT2D eigenvalue weighted by Gasteiger charge is -2.39. The van der Waals surface area contributed by atoms with Gasteiger partial charge in [-0.3, -0.25) is 4.79 Å². The molecule has 1 amide bonds. The van der Waals surface area contributed by atoms with Crippen molar-refractivity contribution in [1.82, 2.24) is 10.6 Å². The van der Waals surface area contributed by atoms with Gasteiger partial charge in [-0.25, -0.2) is 0 Å². The van der Waals surface area contributed by atoms with Crippen LogP contribution in [0.3, 0.4) is 0 Å². The van der Waals surface area contributed by atoms with Crippen molar-refractivity contribution in [3.05, 3.63) is 0 Å². The molecule has 1 unspecified atom stereocenters. The SMILES string of the molecule is CC1(NC(=O)CC2CCNC2)CCC1. The zero-order valence-electron chi connectivity index (χ0n) is 8.94. The summed E-state index contributed by atoms with van der Waals surface area (Å²) in [7, 11) is 0. The summed E-state index contributed by atoms with van der Waals surface area (Å²) in [6, 6.07) is 0. The van der Waals surface area contributed by atoms with Crippen molar-refractivity contribution in [3.63, 3.8) is 0 Å². The predicted molar refractivity (Wildman–Crippen MR) is 56.0 cm³/mol. The molecule has 1 heterocycles. The van der Waals surface area contributed by atoms with Crippen LogP contribution < -0.4 is 10.6 Å². The van der Waals surface area contributed by atoms with Gasteiger partial charge in [0.05, 0.1) is 0 Å². The van der Waals surface area contributed by atoms with Crippen molar-refractivity contribution in [3.8, 4) is 0 Å². The molecule has 0 aromatic rings. The van der Waals surface area contributed by atoms with Crippen molar-refractivity contribution < 1.29 is 4.79 Å². The normalized spacial score (nSPS) is 29.6. The number of hydrogen-bond acceptors (Lipinski definition) is 2. The number of amides is 1. The van der Waals surface area contributed by atoms with Gasteiger partial charge in [0, 0.05) is 12.0 Å². The number of carbonyl (C=O) groups is 1. The first-order chi connectivity index (χ1) is 6.68. The van der Waals surface area contributed by atoms with Gasteiger partial charge >= 0.3 is 0 Å². The summed E-state index contributed by atoms with van der Waals surface area (Å²) in [6.07, 6.45) is 5.44. The van der Waals surface area contributed by atoms with Crippen LogP contribution in [0, 0.1) is 5.92 Å². The molecule has 0 spiro atoms. The minimum Gasteiger partial charge on any atom is -0.351 e. The number of hydrogen-bond donors (Lipinski definition) is 2. The van der Waals surface area contributed by atoms with E-state index in [2.05, 4.69) is 17.6 Å². The first-order valence-electron chi connectivity index (χ1n) is 5.70. The van der Waals surface area contributed by atoms with E-state index in [9.17, 15) is 4.79 Å². The van der Waals surface area contributed by atoms with Gasteiger partial charge in [-0.2, -0.15) is 0 Å². The second-order valence-electron chi connectivity index (χ2n) is 5.03. The van der Waals surface area contributed by atoms with Gasteiger partial charge in [-0.05, 0) is 51.6 Å². The largest absolute Gasteiger partial charge is 0.351 e. The summed E-state index contributed by atoms with van der Waals surface area (Å²) in [4.78, 5) is 11.7. The van der Waals surface area contributed by atoms with Crippen LogP contribution in [-0.4, -0.2) is 24.5 Å². The van der Waals surface area contributed by atoms with Gasteiger partial charge in [0.15, 0.2) is 0 Å². The second kappa shape index (κ2) is 3.89. The lowest BCUT2D eigenvalue weighted by molar-refractivity contribution is -0.124. The zero-order valence-corrected chi connectivity index (χ0v) is 8.94. The van der Waals surface area contributed by atoms with Crippen molar-refractivity contribution in [2.45, 2.75) is 44.6 Å². The molecule has 2 aliphatic rings. The molecular formula is C11H20N2O. The number of nitrogens with one attached hydrogen (secondary N) is 2. The van der Waals surface area contributed by atoms with Crippen LogP contribution in [0.4, 0.5) is 0 Å². The van der Waals surface area contributed by atoms with E-state index in [1.165, 1.54) is 6.42 Å². The molecule has 2 rings (SSSR count). The molecule has 2 fully saturated rings. The molecule has 1 aliphatic heterocycles. The third-order valence-electron chi connectivity index (χ3n) is 3.53. The maximum atomic E-state index is 11.7. The molecule has 1 saturated heterocycles. The van der Waals surface area contributed by atoms with Crippen LogP contribution in [0.25, 0.3) is 0 Å². The van der Waals surface area contributed by atoms with Crippen LogP contribution in [0.15, 0.2) is 0 Å². The highest BCUT2D eigenvalue weighted by Crippen LogP contribution is 2.31. The Hall–Kier alpha value is -0.570.